The van der Waals surface area contributed by atoms with Crippen LogP contribution in [0.5, 0.6) is 0 Å². The standard InChI is InChI=1S/C16H16N6/c17-7-11-1-3-13(4-2-11)22-9-12(8-21-22)15-14-5-6-18-16(14)20-10-19-15/h5-6,8-11,13H,1-4H2,(H,18,19,20). The minimum absolute atomic E-state index is 0.215. The Balaban J connectivity index is 1.62. The zero-order chi connectivity index (χ0) is 14.9. The number of H-pyrrole nitrogens is 1. The molecule has 0 aromatic carbocycles. The van der Waals surface area contributed by atoms with E-state index in [2.05, 4.69) is 32.3 Å². The molecule has 3 aromatic heterocycles. The molecule has 0 unspecified atom stereocenters. The minimum atomic E-state index is 0.215. The summed E-state index contributed by atoms with van der Waals surface area (Å²) in [6, 6.07) is 4.75. The summed E-state index contributed by atoms with van der Waals surface area (Å²) < 4.78 is 2.03. The number of nitrogens with one attached hydrogen (secondary N) is 1. The molecular formula is C16H16N6. The average Bonchev–Trinajstić information content (AvgIpc) is 3.24. The van der Waals surface area contributed by atoms with Gasteiger partial charge < -0.3 is 4.98 Å². The van der Waals surface area contributed by atoms with Gasteiger partial charge in [-0.1, -0.05) is 0 Å². The fraction of sp³-hybridized carbons (Fsp3) is 0.375. The number of fused-ring (bicyclic) bond motifs is 1. The van der Waals surface area contributed by atoms with Gasteiger partial charge in [0, 0.05) is 29.3 Å². The van der Waals surface area contributed by atoms with Gasteiger partial charge in [-0.2, -0.15) is 10.4 Å². The van der Waals surface area contributed by atoms with Gasteiger partial charge in [0.1, 0.15) is 12.0 Å². The quantitative estimate of drug-likeness (QED) is 0.786. The number of aromatic amines is 1. The summed E-state index contributed by atoms with van der Waals surface area (Å²) in [6.45, 7) is 0. The number of hydrogen-bond donors (Lipinski definition) is 1. The highest BCUT2D eigenvalue weighted by molar-refractivity contribution is 5.89. The Morgan fingerprint density at radius 3 is 2.91 bits per heavy atom. The molecule has 0 spiro atoms. The van der Waals surface area contributed by atoms with E-state index in [1.54, 1.807) is 6.33 Å². The average molecular weight is 292 g/mol. The fourth-order valence-electron chi connectivity index (χ4n) is 3.23. The van der Waals surface area contributed by atoms with Crippen LogP contribution < -0.4 is 0 Å². The van der Waals surface area contributed by atoms with Crippen molar-refractivity contribution in [2.75, 3.05) is 0 Å². The van der Waals surface area contributed by atoms with Crippen LogP contribution in [0.1, 0.15) is 31.7 Å². The van der Waals surface area contributed by atoms with Crippen LogP contribution in [0.2, 0.25) is 0 Å². The molecule has 1 aliphatic carbocycles. The van der Waals surface area contributed by atoms with Gasteiger partial charge in [0.2, 0.25) is 0 Å². The van der Waals surface area contributed by atoms with E-state index >= 15 is 0 Å². The van der Waals surface area contributed by atoms with Crippen LogP contribution in [-0.4, -0.2) is 24.7 Å². The van der Waals surface area contributed by atoms with Crippen LogP contribution in [-0.2, 0) is 0 Å². The van der Waals surface area contributed by atoms with Gasteiger partial charge in [0.15, 0.2) is 0 Å². The molecular weight excluding hydrogens is 276 g/mol. The molecule has 1 fully saturated rings. The van der Waals surface area contributed by atoms with Crippen molar-refractivity contribution in [1.82, 2.24) is 24.7 Å². The second-order valence-corrected chi connectivity index (χ2v) is 5.81. The monoisotopic (exact) mass is 292 g/mol. The van der Waals surface area contributed by atoms with E-state index in [0.29, 0.717) is 6.04 Å². The van der Waals surface area contributed by atoms with Crippen molar-refractivity contribution >= 4 is 11.0 Å². The van der Waals surface area contributed by atoms with E-state index in [1.165, 1.54) is 0 Å². The Labute approximate surface area is 127 Å². The third-order valence-corrected chi connectivity index (χ3v) is 4.48. The van der Waals surface area contributed by atoms with Crippen LogP contribution in [0.15, 0.2) is 31.0 Å². The lowest BCUT2D eigenvalue weighted by molar-refractivity contribution is 0.294. The summed E-state index contributed by atoms with van der Waals surface area (Å²) in [7, 11) is 0. The molecule has 0 radical (unpaired) electrons. The van der Waals surface area contributed by atoms with E-state index in [-0.39, 0.29) is 5.92 Å². The molecule has 0 atom stereocenters. The summed E-state index contributed by atoms with van der Waals surface area (Å²) in [5, 5.41) is 14.5. The first kappa shape index (κ1) is 13.0. The lowest BCUT2D eigenvalue weighted by atomic mass is 9.87. The van der Waals surface area contributed by atoms with Gasteiger partial charge in [-0.3, -0.25) is 4.68 Å². The predicted octanol–water partition coefficient (Wildman–Crippen LogP) is 3.08. The summed E-state index contributed by atoms with van der Waals surface area (Å²) in [5.74, 6) is 0.215. The molecule has 6 nitrogen and oxygen atoms in total. The van der Waals surface area contributed by atoms with Gasteiger partial charge >= 0.3 is 0 Å². The summed E-state index contributed by atoms with van der Waals surface area (Å²) in [5.41, 5.74) is 2.75. The van der Waals surface area contributed by atoms with Crippen molar-refractivity contribution in [3.63, 3.8) is 0 Å². The van der Waals surface area contributed by atoms with Crippen molar-refractivity contribution in [2.24, 2.45) is 5.92 Å². The summed E-state index contributed by atoms with van der Waals surface area (Å²) in [4.78, 5) is 11.7. The minimum Gasteiger partial charge on any atom is -0.346 e. The predicted molar refractivity (Wildman–Crippen MR) is 81.7 cm³/mol. The Hall–Kier alpha value is -2.68. The normalized spacial score (nSPS) is 21.8. The van der Waals surface area contributed by atoms with Crippen LogP contribution in [0.3, 0.4) is 0 Å². The third kappa shape index (κ3) is 2.15. The molecule has 110 valence electrons. The van der Waals surface area contributed by atoms with Crippen molar-refractivity contribution in [1.29, 1.82) is 5.26 Å². The van der Waals surface area contributed by atoms with Crippen LogP contribution >= 0.6 is 0 Å². The van der Waals surface area contributed by atoms with Gasteiger partial charge in [-0.25, -0.2) is 9.97 Å². The highest BCUT2D eigenvalue weighted by Crippen LogP contribution is 2.33. The number of aromatic nitrogens is 5. The molecule has 0 amide bonds. The number of hydrogen-bond acceptors (Lipinski definition) is 4. The first-order valence-corrected chi connectivity index (χ1v) is 7.57. The topological polar surface area (TPSA) is 83.2 Å². The van der Waals surface area contributed by atoms with Gasteiger partial charge in [-0.15, -0.1) is 0 Å². The Morgan fingerprint density at radius 1 is 1.23 bits per heavy atom. The molecule has 0 bridgehead atoms. The molecule has 1 N–H and O–H groups in total. The fourth-order valence-corrected chi connectivity index (χ4v) is 3.23. The number of nitrogens with zero attached hydrogens (tertiary/aromatic N) is 5. The smallest absolute Gasteiger partial charge is 0.141 e. The lowest BCUT2D eigenvalue weighted by Crippen LogP contribution is -2.17. The zero-order valence-corrected chi connectivity index (χ0v) is 12.1. The highest BCUT2D eigenvalue weighted by Gasteiger charge is 2.23. The molecule has 6 heteroatoms. The zero-order valence-electron chi connectivity index (χ0n) is 12.1. The summed E-state index contributed by atoms with van der Waals surface area (Å²) >= 11 is 0. The summed E-state index contributed by atoms with van der Waals surface area (Å²) in [6.07, 6.45) is 11.3. The van der Waals surface area contributed by atoms with E-state index < -0.39 is 0 Å². The van der Waals surface area contributed by atoms with E-state index in [9.17, 15) is 0 Å². The highest BCUT2D eigenvalue weighted by atomic mass is 15.3. The first-order chi connectivity index (χ1) is 10.8. The molecule has 3 aromatic rings. The van der Waals surface area contributed by atoms with Crippen LogP contribution in [0.4, 0.5) is 0 Å². The maximum Gasteiger partial charge on any atom is 0.141 e. The molecule has 4 rings (SSSR count). The lowest BCUT2D eigenvalue weighted by Gasteiger charge is -2.24. The van der Waals surface area contributed by atoms with Gasteiger partial charge in [0.05, 0.1) is 24.0 Å². The largest absolute Gasteiger partial charge is 0.346 e. The van der Waals surface area contributed by atoms with Gasteiger partial charge in [-0.05, 0) is 31.7 Å². The van der Waals surface area contributed by atoms with E-state index in [0.717, 1.165) is 48.0 Å². The Bertz CT molecular complexity index is 832. The molecule has 1 aliphatic rings. The van der Waals surface area contributed by atoms with Crippen molar-refractivity contribution in [2.45, 2.75) is 31.7 Å². The Morgan fingerprint density at radius 2 is 2.09 bits per heavy atom. The molecule has 3 heterocycles. The van der Waals surface area contributed by atoms with Crippen molar-refractivity contribution in [3.8, 4) is 17.3 Å². The Kier molecular flexibility index (Phi) is 3.11. The van der Waals surface area contributed by atoms with E-state index in [1.807, 2.05) is 23.1 Å². The first-order valence-electron chi connectivity index (χ1n) is 7.57. The third-order valence-electron chi connectivity index (χ3n) is 4.48. The van der Waals surface area contributed by atoms with Crippen molar-refractivity contribution in [3.05, 3.63) is 31.0 Å². The van der Waals surface area contributed by atoms with E-state index in [4.69, 9.17) is 5.26 Å². The van der Waals surface area contributed by atoms with Crippen molar-refractivity contribution < 1.29 is 0 Å². The second kappa shape index (κ2) is 5.26. The molecule has 1 saturated carbocycles. The SMILES string of the molecule is N#CC1CCC(n2cc(-c3ncnc4[nH]ccc34)cn2)CC1. The second-order valence-electron chi connectivity index (χ2n) is 5.81. The maximum absolute atomic E-state index is 8.99. The van der Waals surface area contributed by atoms with Gasteiger partial charge in [0.25, 0.3) is 0 Å². The molecule has 0 saturated heterocycles. The molecule has 0 aliphatic heterocycles. The van der Waals surface area contributed by atoms with Crippen LogP contribution in [0.25, 0.3) is 22.3 Å². The number of rotatable bonds is 2. The molecule has 22 heavy (non-hydrogen) atoms. The maximum atomic E-state index is 8.99. The number of nitriles is 1. The van der Waals surface area contributed by atoms with Crippen LogP contribution in [0, 0.1) is 17.2 Å².